The van der Waals surface area contributed by atoms with Gasteiger partial charge in [0.05, 0.1) is 22.4 Å². The van der Waals surface area contributed by atoms with Crippen LogP contribution in [0, 0.1) is 0 Å². The molecule has 4 aromatic rings. The summed E-state index contributed by atoms with van der Waals surface area (Å²) in [5, 5.41) is 10.8. The van der Waals surface area contributed by atoms with Crippen molar-refractivity contribution in [2.24, 2.45) is 0 Å². The smallest absolute Gasteiger partial charge is 0.331 e. The van der Waals surface area contributed by atoms with Crippen molar-refractivity contribution < 1.29 is 9.59 Å². The van der Waals surface area contributed by atoms with Gasteiger partial charge in [0.2, 0.25) is 0 Å². The number of amides is 3. The van der Waals surface area contributed by atoms with E-state index in [-0.39, 0.29) is 18.0 Å². The number of pyridine rings is 1. The maximum Gasteiger partial charge on any atom is 0.331 e. The van der Waals surface area contributed by atoms with Gasteiger partial charge < -0.3 is 16.0 Å². The number of aromatic nitrogens is 1. The molecule has 2 aromatic heterocycles. The first-order valence-corrected chi connectivity index (χ1v) is 12.7. The van der Waals surface area contributed by atoms with Crippen LogP contribution in [-0.4, -0.2) is 36.1 Å². The Kier molecular flexibility index (Phi) is 5.64. The van der Waals surface area contributed by atoms with Gasteiger partial charge in [0.1, 0.15) is 9.71 Å². The number of nitrogens with one attached hydrogen (secondary N) is 3. The van der Waals surface area contributed by atoms with E-state index in [1.165, 1.54) is 11.3 Å². The van der Waals surface area contributed by atoms with Gasteiger partial charge >= 0.3 is 6.03 Å². The third-order valence-electron chi connectivity index (χ3n) is 6.35. The van der Waals surface area contributed by atoms with E-state index >= 15 is 0 Å². The lowest BCUT2D eigenvalue weighted by Crippen LogP contribution is -2.45. The second-order valence-corrected chi connectivity index (χ2v) is 10.1. The van der Waals surface area contributed by atoms with Gasteiger partial charge in [0, 0.05) is 23.8 Å². The number of hydrogen-bond acceptors (Lipinski definition) is 5. The van der Waals surface area contributed by atoms with Crippen molar-refractivity contribution >= 4 is 62.2 Å². The number of hydrogen-bond donors (Lipinski definition) is 3. The molecule has 35 heavy (non-hydrogen) atoms. The highest BCUT2D eigenvalue weighted by Gasteiger charge is 2.33. The standard InChI is InChI=1S/C26H22ClN5O2S/c27-17-6-1-4-15(12-17)16-5-2-8-19(13-16)32-20-9-11-29-25-21(20)22(31-26(32)34)23(35-25)24(33)30-18-7-3-10-28-14-18/h1-2,4-6,8-9,11-13,18,28H,3,7,10,14H2,(H,30,33)(H,31,34)/t18-/m1/s1. The van der Waals surface area contributed by atoms with Crippen molar-refractivity contribution in [3.63, 3.8) is 0 Å². The van der Waals surface area contributed by atoms with Gasteiger partial charge in [-0.25, -0.2) is 9.78 Å². The number of rotatable bonds is 4. The first-order valence-electron chi connectivity index (χ1n) is 11.5. The van der Waals surface area contributed by atoms with E-state index in [4.69, 9.17) is 11.6 Å². The fraction of sp³-hybridized carbons (Fsp3) is 0.192. The molecule has 6 rings (SSSR count). The summed E-state index contributed by atoms with van der Waals surface area (Å²) in [5.41, 5.74) is 3.85. The SMILES string of the molecule is O=C(N[C@@H]1CCCNC1)c1sc2nccc3c2c1NC(=O)N3c1cccc(-c2cccc(Cl)c2)c1. The number of carbonyl (C=O) groups is 2. The Bertz CT molecular complexity index is 1460. The number of benzene rings is 2. The van der Waals surface area contributed by atoms with Crippen LogP contribution in [0.4, 0.5) is 21.9 Å². The molecule has 0 bridgehead atoms. The summed E-state index contributed by atoms with van der Waals surface area (Å²) < 4.78 is 0. The molecule has 0 unspecified atom stereocenters. The Morgan fingerprint density at radius 1 is 1.14 bits per heavy atom. The summed E-state index contributed by atoms with van der Waals surface area (Å²) in [4.78, 5) is 33.9. The second-order valence-electron chi connectivity index (χ2n) is 8.66. The highest BCUT2D eigenvalue weighted by atomic mass is 35.5. The predicted molar refractivity (Wildman–Crippen MR) is 141 cm³/mol. The average molecular weight is 504 g/mol. The molecule has 2 aliphatic rings. The molecular formula is C26H22ClN5O2S. The number of carbonyl (C=O) groups excluding carboxylic acids is 2. The molecule has 3 N–H and O–H groups in total. The van der Waals surface area contributed by atoms with E-state index < -0.39 is 0 Å². The summed E-state index contributed by atoms with van der Waals surface area (Å²) in [5.74, 6) is -0.181. The van der Waals surface area contributed by atoms with Crippen molar-refractivity contribution in [3.8, 4) is 11.1 Å². The molecule has 1 saturated heterocycles. The molecule has 3 amide bonds. The third-order valence-corrected chi connectivity index (χ3v) is 7.68. The van der Waals surface area contributed by atoms with Crippen molar-refractivity contribution in [1.29, 1.82) is 0 Å². The summed E-state index contributed by atoms with van der Waals surface area (Å²) >= 11 is 7.49. The van der Waals surface area contributed by atoms with Crippen LogP contribution in [0.25, 0.3) is 21.3 Å². The molecule has 0 spiro atoms. The number of anilines is 3. The highest BCUT2D eigenvalue weighted by Crippen LogP contribution is 2.46. The van der Waals surface area contributed by atoms with Gasteiger partial charge in [-0.1, -0.05) is 35.9 Å². The van der Waals surface area contributed by atoms with E-state index in [1.54, 1.807) is 11.1 Å². The lowest BCUT2D eigenvalue weighted by atomic mass is 10.0. The van der Waals surface area contributed by atoms with E-state index in [0.717, 1.165) is 42.4 Å². The molecule has 0 saturated carbocycles. The van der Waals surface area contributed by atoms with Crippen LogP contribution in [0.2, 0.25) is 5.02 Å². The topological polar surface area (TPSA) is 86.4 Å². The molecule has 9 heteroatoms. The summed E-state index contributed by atoms with van der Waals surface area (Å²) in [6, 6.07) is 16.9. The normalized spacial score (nSPS) is 17.3. The fourth-order valence-electron chi connectivity index (χ4n) is 4.72. The Morgan fingerprint density at radius 2 is 1.97 bits per heavy atom. The molecule has 4 heterocycles. The van der Waals surface area contributed by atoms with Crippen LogP contribution in [0.15, 0.2) is 60.8 Å². The van der Waals surface area contributed by atoms with Crippen LogP contribution < -0.4 is 20.9 Å². The molecule has 0 aliphatic carbocycles. The number of thiophene rings is 1. The van der Waals surface area contributed by atoms with Gasteiger partial charge in [-0.3, -0.25) is 9.69 Å². The molecule has 7 nitrogen and oxygen atoms in total. The quantitative estimate of drug-likeness (QED) is 0.329. The Morgan fingerprint density at radius 3 is 2.77 bits per heavy atom. The van der Waals surface area contributed by atoms with Crippen molar-refractivity contribution in [2.45, 2.75) is 18.9 Å². The highest BCUT2D eigenvalue weighted by molar-refractivity contribution is 7.21. The molecule has 1 atom stereocenters. The number of nitrogens with zero attached hydrogens (tertiary/aromatic N) is 2. The monoisotopic (exact) mass is 503 g/mol. The molecule has 2 aliphatic heterocycles. The summed E-state index contributed by atoms with van der Waals surface area (Å²) in [7, 11) is 0. The van der Waals surface area contributed by atoms with Gasteiger partial charge in [0.15, 0.2) is 0 Å². The van der Waals surface area contributed by atoms with Crippen LogP contribution in [0.5, 0.6) is 0 Å². The van der Waals surface area contributed by atoms with E-state index in [9.17, 15) is 9.59 Å². The summed E-state index contributed by atoms with van der Waals surface area (Å²) in [6.45, 7) is 1.72. The van der Waals surface area contributed by atoms with Crippen molar-refractivity contribution in [3.05, 3.63) is 70.7 Å². The molecular weight excluding hydrogens is 482 g/mol. The number of urea groups is 1. The van der Waals surface area contributed by atoms with Crippen LogP contribution in [0.1, 0.15) is 22.5 Å². The molecule has 176 valence electrons. The largest absolute Gasteiger partial charge is 0.347 e. The summed E-state index contributed by atoms with van der Waals surface area (Å²) in [6.07, 6.45) is 3.64. The zero-order chi connectivity index (χ0) is 23.9. The van der Waals surface area contributed by atoms with E-state index in [2.05, 4.69) is 20.9 Å². The number of halogens is 1. The second kappa shape index (κ2) is 8.96. The Balaban J connectivity index is 1.40. The van der Waals surface area contributed by atoms with Crippen LogP contribution in [-0.2, 0) is 0 Å². The molecule has 2 aromatic carbocycles. The zero-order valence-electron chi connectivity index (χ0n) is 18.7. The Hall–Kier alpha value is -3.46. The first-order chi connectivity index (χ1) is 17.1. The molecule has 0 radical (unpaired) electrons. The predicted octanol–water partition coefficient (Wildman–Crippen LogP) is 5.78. The minimum Gasteiger partial charge on any atom is -0.347 e. The number of piperidine rings is 1. The average Bonchev–Trinajstić information content (AvgIpc) is 3.24. The lowest BCUT2D eigenvalue weighted by Gasteiger charge is -2.29. The van der Waals surface area contributed by atoms with Crippen LogP contribution in [0.3, 0.4) is 0 Å². The molecule has 1 fully saturated rings. The minimum absolute atomic E-state index is 0.0751. The van der Waals surface area contributed by atoms with Crippen molar-refractivity contribution in [1.82, 2.24) is 15.6 Å². The van der Waals surface area contributed by atoms with E-state index in [0.29, 0.717) is 31.8 Å². The Labute approximate surface area is 211 Å². The fourth-order valence-corrected chi connectivity index (χ4v) is 5.93. The van der Waals surface area contributed by atoms with Gasteiger partial charge in [0.25, 0.3) is 5.91 Å². The van der Waals surface area contributed by atoms with Gasteiger partial charge in [-0.05, 0) is 60.8 Å². The maximum atomic E-state index is 13.4. The third kappa shape index (κ3) is 4.03. The minimum atomic E-state index is -0.319. The maximum absolute atomic E-state index is 13.4. The van der Waals surface area contributed by atoms with Gasteiger partial charge in [-0.15, -0.1) is 11.3 Å². The zero-order valence-corrected chi connectivity index (χ0v) is 20.2. The van der Waals surface area contributed by atoms with Crippen LogP contribution >= 0.6 is 22.9 Å². The van der Waals surface area contributed by atoms with Gasteiger partial charge in [-0.2, -0.15) is 0 Å². The first kappa shape index (κ1) is 22.0. The lowest BCUT2D eigenvalue weighted by molar-refractivity contribution is 0.0935. The van der Waals surface area contributed by atoms with E-state index in [1.807, 2.05) is 54.6 Å². The van der Waals surface area contributed by atoms with Crippen molar-refractivity contribution in [2.75, 3.05) is 23.3 Å².